The maximum Gasteiger partial charge on any atom is 0.136 e. The highest BCUT2D eigenvalue weighted by Crippen LogP contribution is 2.22. The molecule has 1 unspecified atom stereocenters. The van der Waals surface area contributed by atoms with Crippen LogP contribution in [0.4, 0.5) is 0 Å². The van der Waals surface area contributed by atoms with E-state index >= 15 is 0 Å². The Labute approximate surface area is 101 Å². The minimum absolute atomic E-state index is 0.382. The molecule has 0 aromatic heterocycles. The van der Waals surface area contributed by atoms with E-state index in [1.807, 2.05) is 6.92 Å². The molecule has 0 aliphatic carbocycles. The zero-order valence-electron chi connectivity index (χ0n) is 10.0. The highest BCUT2D eigenvalue weighted by atomic mass is 16.5. The second-order valence-corrected chi connectivity index (χ2v) is 3.59. The standard InChI is InChI=1S/C13H15N3O/c1-3-6-16-12(9-15)10-4-5-13(17-2)11(7-10)8-14/h4-5,7,12,16H,3,6H2,1-2H3. The van der Waals surface area contributed by atoms with Crippen molar-refractivity contribution in [2.45, 2.75) is 19.4 Å². The first-order chi connectivity index (χ1) is 8.26. The highest BCUT2D eigenvalue weighted by Gasteiger charge is 2.12. The van der Waals surface area contributed by atoms with Crippen molar-refractivity contribution in [1.29, 1.82) is 10.5 Å². The molecule has 0 fully saturated rings. The Bertz CT molecular complexity index is 457. The number of nitrogens with one attached hydrogen (secondary N) is 1. The largest absolute Gasteiger partial charge is 0.495 e. The summed E-state index contributed by atoms with van der Waals surface area (Å²) in [6.45, 7) is 2.81. The third kappa shape index (κ3) is 3.21. The van der Waals surface area contributed by atoms with Gasteiger partial charge in [-0.25, -0.2) is 0 Å². The van der Waals surface area contributed by atoms with Crippen LogP contribution in [-0.2, 0) is 0 Å². The van der Waals surface area contributed by atoms with E-state index in [1.54, 1.807) is 18.2 Å². The van der Waals surface area contributed by atoms with E-state index in [-0.39, 0.29) is 6.04 Å². The van der Waals surface area contributed by atoms with Gasteiger partial charge in [-0.15, -0.1) is 0 Å². The third-order valence-corrected chi connectivity index (χ3v) is 2.40. The number of hydrogen-bond acceptors (Lipinski definition) is 4. The van der Waals surface area contributed by atoms with Crippen LogP contribution in [0.1, 0.15) is 30.5 Å². The minimum atomic E-state index is -0.382. The quantitative estimate of drug-likeness (QED) is 0.839. The first-order valence-corrected chi connectivity index (χ1v) is 5.47. The summed E-state index contributed by atoms with van der Waals surface area (Å²) in [4.78, 5) is 0. The molecule has 1 N–H and O–H groups in total. The van der Waals surface area contributed by atoms with Gasteiger partial charge in [-0.1, -0.05) is 13.0 Å². The molecule has 0 amide bonds. The molecule has 1 rings (SSSR count). The summed E-state index contributed by atoms with van der Waals surface area (Å²) < 4.78 is 5.06. The first kappa shape index (κ1) is 13.0. The van der Waals surface area contributed by atoms with Crippen molar-refractivity contribution in [3.63, 3.8) is 0 Å². The van der Waals surface area contributed by atoms with Gasteiger partial charge in [0.2, 0.25) is 0 Å². The smallest absolute Gasteiger partial charge is 0.136 e. The van der Waals surface area contributed by atoms with Crippen LogP contribution in [0.3, 0.4) is 0 Å². The van der Waals surface area contributed by atoms with Crippen LogP contribution in [0.15, 0.2) is 18.2 Å². The molecule has 0 saturated heterocycles. The molecular weight excluding hydrogens is 214 g/mol. The second kappa shape index (κ2) is 6.52. The summed E-state index contributed by atoms with van der Waals surface area (Å²) in [6, 6.07) is 9.06. The Hall–Kier alpha value is -2.04. The van der Waals surface area contributed by atoms with Crippen LogP contribution in [0.5, 0.6) is 5.75 Å². The monoisotopic (exact) mass is 229 g/mol. The van der Waals surface area contributed by atoms with Gasteiger partial charge in [-0.2, -0.15) is 10.5 Å². The lowest BCUT2D eigenvalue weighted by Gasteiger charge is -2.12. The van der Waals surface area contributed by atoms with E-state index in [9.17, 15) is 0 Å². The van der Waals surface area contributed by atoms with Crippen molar-refractivity contribution in [2.24, 2.45) is 0 Å². The molecule has 1 aromatic carbocycles. The molecule has 0 aliphatic heterocycles. The molecule has 17 heavy (non-hydrogen) atoms. The normalized spacial score (nSPS) is 11.3. The molecule has 1 atom stereocenters. The predicted octanol–water partition coefficient (Wildman–Crippen LogP) is 2.13. The summed E-state index contributed by atoms with van der Waals surface area (Å²) in [6.07, 6.45) is 0.958. The van der Waals surface area contributed by atoms with Gasteiger partial charge in [0.05, 0.1) is 18.7 Å². The molecule has 88 valence electrons. The average Bonchev–Trinajstić information content (AvgIpc) is 2.39. The van der Waals surface area contributed by atoms with Crippen LogP contribution in [-0.4, -0.2) is 13.7 Å². The lowest BCUT2D eigenvalue weighted by molar-refractivity contribution is 0.413. The van der Waals surface area contributed by atoms with E-state index < -0.39 is 0 Å². The number of nitrogens with zero attached hydrogens (tertiary/aromatic N) is 2. The Morgan fingerprint density at radius 2 is 2.18 bits per heavy atom. The van der Waals surface area contributed by atoms with Gasteiger partial charge in [0.25, 0.3) is 0 Å². The summed E-state index contributed by atoms with van der Waals surface area (Å²) in [5.41, 5.74) is 1.24. The molecule has 0 saturated carbocycles. The van der Waals surface area contributed by atoms with Gasteiger partial charge in [0, 0.05) is 0 Å². The van der Waals surface area contributed by atoms with Gasteiger partial charge in [0.15, 0.2) is 0 Å². The van der Waals surface area contributed by atoms with E-state index in [2.05, 4.69) is 17.5 Å². The van der Waals surface area contributed by atoms with Crippen molar-refractivity contribution in [2.75, 3.05) is 13.7 Å². The minimum Gasteiger partial charge on any atom is -0.495 e. The van der Waals surface area contributed by atoms with Gasteiger partial charge in [0.1, 0.15) is 17.9 Å². The third-order valence-electron chi connectivity index (χ3n) is 2.40. The molecule has 0 spiro atoms. The zero-order valence-corrected chi connectivity index (χ0v) is 10.0. The zero-order chi connectivity index (χ0) is 12.7. The van der Waals surface area contributed by atoms with Crippen molar-refractivity contribution >= 4 is 0 Å². The fourth-order valence-corrected chi connectivity index (χ4v) is 1.52. The van der Waals surface area contributed by atoms with Crippen LogP contribution in [0, 0.1) is 22.7 Å². The van der Waals surface area contributed by atoms with Crippen LogP contribution < -0.4 is 10.1 Å². The summed E-state index contributed by atoms with van der Waals surface area (Å²) in [7, 11) is 1.52. The Balaban J connectivity index is 2.98. The van der Waals surface area contributed by atoms with E-state index in [0.29, 0.717) is 11.3 Å². The maximum absolute atomic E-state index is 9.07. The van der Waals surface area contributed by atoms with Crippen LogP contribution >= 0.6 is 0 Å². The molecule has 1 aromatic rings. The van der Waals surface area contributed by atoms with E-state index in [4.69, 9.17) is 15.3 Å². The SMILES string of the molecule is CCCNC(C#N)c1ccc(OC)c(C#N)c1. The van der Waals surface area contributed by atoms with Gasteiger partial charge >= 0.3 is 0 Å². The molecular formula is C13H15N3O. The van der Waals surface area contributed by atoms with Crippen molar-refractivity contribution in [3.05, 3.63) is 29.3 Å². The molecule has 0 heterocycles. The number of benzene rings is 1. The fourth-order valence-electron chi connectivity index (χ4n) is 1.52. The Morgan fingerprint density at radius 1 is 1.41 bits per heavy atom. The van der Waals surface area contributed by atoms with Gasteiger partial charge in [-0.05, 0) is 30.7 Å². The van der Waals surface area contributed by atoms with Gasteiger partial charge < -0.3 is 4.74 Å². The number of nitriles is 2. The van der Waals surface area contributed by atoms with E-state index in [1.165, 1.54) is 7.11 Å². The predicted molar refractivity (Wildman–Crippen MR) is 64.4 cm³/mol. The van der Waals surface area contributed by atoms with Gasteiger partial charge in [-0.3, -0.25) is 5.32 Å². The van der Waals surface area contributed by atoms with Crippen molar-refractivity contribution in [3.8, 4) is 17.9 Å². The van der Waals surface area contributed by atoms with Crippen LogP contribution in [0.2, 0.25) is 0 Å². The number of hydrogen-bond donors (Lipinski definition) is 1. The molecule has 4 heteroatoms. The Kier molecular flexibility index (Phi) is 5.00. The fraction of sp³-hybridized carbons (Fsp3) is 0.385. The first-order valence-electron chi connectivity index (χ1n) is 5.47. The number of ether oxygens (including phenoxy) is 1. The van der Waals surface area contributed by atoms with E-state index in [0.717, 1.165) is 18.5 Å². The summed E-state index contributed by atoms with van der Waals surface area (Å²) in [5.74, 6) is 0.531. The molecule has 0 bridgehead atoms. The lowest BCUT2D eigenvalue weighted by atomic mass is 10.0. The molecule has 0 aliphatic rings. The summed E-state index contributed by atoms with van der Waals surface area (Å²) in [5, 5.41) is 21.2. The van der Waals surface area contributed by atoms with Crippen LogP contribution in [0.25, 0.3) is 0 Å². The summed E-state index contributed by atoms with van der Waals surface area (Å²) >= 11 is 0. The van der Waals surface area contributed by atoms with Crippen molar-refractivity contribution < 1.29 is 4.74 Å². The van der Waals surface area contributed by atoms with Crippen molar-refractivity contribution in [1.82, 2.24) is 5.32 Å². The average molecular weight is 229 g/mol. The molecule has 4 nitrogen and oxygen atoms in total. The maximum atomic E-state index is 9.07. The number of rotatable bonds is 5. The molecule has 0 radical (unpaired) electrons. The lowest BCUT2D eigenvalue weighted by Crippen LogP contribution is -2.20. The highest BCUT2D eigenvalue weighted by molar-refractivity contribution is 5.46. The second-order valence-electron chi connectivity index (χ2n) is 3.59. The number of methoxy groups -OCH3 is 1. The Morgan fingerprint density at radius 3 is 2.71 bits per heavy atom. The topological polar surface area (TPSA) is 68.8 Å².